The van der Waals surface area contributed by atoms with Crippen molar-refractivity contribution in [3.8, 4) is 0 Å². The summed E-state index contributed by atoms with van der Waals surface area (Å²) in [5.74, 6) is 0.854. The Morgan fingerprint density at radius 2 is 2.06 bits per heavy atom. The maximum atomic E-state index is 10.9. The minimum Gasteiger partial charge on any atom is -0.465 e. The van der Waals surface area contributed by atoms with Gasteiger partial charge in [0.2, 0.25) is 0 Å². The predicted molar refractivity (Wildman–Crippen MR) is 73.0 cm³/mol. The number of carboxylic acid groups (broad SMARTS) is 1. The van der Waals surface area contributed by atoms with Gasteiger partial charge in [-0.2, -0.15) is 0 Å². The standard InChI is InChI=1S/C13H17NO2S/c1-10(2)8-9-17-12-7-5-4-6-11(12)14(3)13(15)16/h4-8H,9H2,1-3H3,(H,15,16). The predicted octanol–water partition coefficient (Wildman–Crippen LogP) is 3.86. The largest absolute Gasteiger partial charge is 0.465 e. The Balaban J connectivity index is 2.85. The number of allylic oxidation sites excluding steroid dienone is 1. The summed E-state index contributed by atoms with van der Waals surface area (Å²) in [6, 6.07) is 7.53. The van der Waals surface area contributed by atoms with Crippen molar-refractivity contribution < 1.29 is 9.90 Å². The number of para-hydroxylation sites is 1. The van der Waals surface area contributed by atoms with Crippen LogP contribution in [-0.4, -0.2) is 24.0 Å². The van der Waals surface area contributed by atoms with E-state index in [4.69, 9.17) is 5.11 Å². The van der Waals surface area contributed by atoms with Crippen molar-refractivity contribution in [2.75, 3.05) is 17.7 Å². The SMILES string of the molecule is CC(C)=CCSc1ccccc1N(C)C(=O)O. The summed E-state index contributed by atoms with van der Waals surface area (Å²) in [5, 5.41) is 8.98. The molecule has 1 aromatic carbocycles. The van der Waals surface area contributed by atoms with Crippen molar-refractivity contribution in [3.05, 3.63) is 35.9 Å². The van der Waals surface area contributed by atoms with Crippen molar-refractivity contribution in [1.82, 2.24) is 0 Å². The van der Waals surface area contributed by atoms with E-state index in [1.807, 2.05) is 24.3 Å². The molecule has 0 aliphatic rings. The van der Waals surface area contributed by atoms with Crippen LogP contribution >= 0.6 is 11.8 Å². The van der Waals surface area contributed by atoms with E-state index in [0.717, 1.165) is 16.3 Å². The van der Waals surface area contributed by atoms with Crippen LogP contribution in [0.15, 0.2) is 40.8 Å². The van der Waals surface area contributed by atoms with Gasteiger partial charge in [0.25, 0.3) is 0 Å². The lowest BCUT2D eigenvalue weighted by Gasteiger charge is -2.16. The minimum atomic E-state index is -0.944. The fourth-order valence-corrected chi connectivity index (χ4v) is 2.38. The second-order valence-corrected chi connectivity index (χ2v) is 4.96. The first-order chi connectivity index (χ1) is 8.02. The van der Waals surface area contributed by atoms with Crippen LogP contribution in [0.3, 0.4) is 0 Å². The van der Waals surface area contributed by atoms with E-state index in [1.54, 1.807) is 18.8 Å². The van der Waals surface area contributed by atoms with Gasteiger partial charge in [0.15, 0.2) is 0 Å². The van der Waals surface area contributed by atoms with E-state index in [-0.39, 0.29) is 0 Å². The summed E-state index contributed by atoms with van der Waals surface area (Å²) >= 11 is 1.64. The Kier molecular flexibility index (Phi) is 5.10. The number of carbonyl (C=O) groups is 1. The number of amides is 1. The quantitative estimate of drug-likeness (QED) is 0.652. The van der Waals surface area contributed by atoms with Crippen molar-refractivity contribution >= 4 is 23.5 Å². The maximum absolute atomic E-state index is 10.9. The topological polar surface area (TPSA) is 40.5 Å². The molecule has 3 nitrogen and oxygen atoms in total. The Morgan fingerprint density at radius 3 is 2.65 bits per heavy atom. The molecule has 17 heavy (non-hydrogen) atoms. The number of nitrogens with zero attached hydrogens (tertiary/aromatic N) is 1. The lowest BCUT2D eigenvalue weighted by atomic mass is 10.3. The van der Waals surface area contributed by atoms with E-state index < -0.39 is 6.09 Å². The smallest absolute Gasteiger partial charge is 0.411 e. The van der Waals surface area contributed by atoms with Crippen LogP contribution in [0.5, 0.6) is 0 Å². The van der Waals surface area contributed by atoms with Gasteiger partial charge in [-0.25, -0.2) is 4.79 Å². The lowest BCUT2D eigenvalue weighted by molar-refractivity contribution is 0.203. The summed E-state index contributed by atoms with van der Waals surface area (Å²) in [6.45, 7) is 4.10. The van der Waals surface area contributed by atoms with Crippen molar-refractivity contribution in [1.29, 1.82) is 0 Å². The zero-order chi connectivity index (χ0) is 12.8. The molecule has 0 radical (unpaired) electrons. The molecule has 0 unspecified atom stereocenters. The molecule has 1 N–H and O–H groups in total. The number of anilines is 1. The Bertz CT molecular complexity index is 425. The first-order valence-corrected chi connectivity index (χ1v) is 6.32. The van der Waals surface area contributed by atoms with Gasteiger partial charge in [0.05, 0.1) is 5.69 Å². The fraction of sp³-hybridized carbons (Fsp3) is 0.308. The summed E-state index contributed by atoms with van der Waals surface area (Å²) in [7, 11) is 1.56. The van der Waals surface area contributed by atoms with Crippen molar-refractivity contribution in [2.24, 2.45) is 0 Å². The lowest BCUT2D eigenvalue weighted by Crippen LogP contribution is -2.24. The molecule has 92 valence electrons. The summed E-state index contributed by atoms with van der Waals surface area (Å²) in [6.07, 6.45) is 1.18. The van der Waals surface area contributed by atoms with Gasteiger partial charge in [0, 0.05) is 17.7 Å². The van der Waals surface area contributed by atoms with Gasteiger partial charge in [-0.1, -0.05) is 23.8 Å². The third kappa shape index (κ3) is 4.15. The second kappa shape index (κ2) is 6.35. The van der Waals surface area contributed by atoms with E-state index in [9.17, 15) is 4.79 Å². The molecular formula is C13H17NO2S. The third-order valence-electron chi connectivity index (χ3n) is 2.24. The van der Waals surface area contributed by atoms with Crippen LogP contribution in [0.25, 0.3) is 0 Å². The van der Waals surface area contributed by atoms with E-state index >= 15 is 0 Å². The minimum absolute atomic E-state index is 0.729. The van der Waals surface area contributed by atoms with E-state index in [2.05, 4.69) is 19.9 Å². The monoisotopic (exact) mass is 251 g/mol. The van der Waals surface area contributed by atoms with Gasteiger partial charge >= 0.3 is 6.09 Å². The second-order valence-electron chi connectivity index (χ2n) is 3.90. The van der Waals surface area contributed by atoms with Crippen LogP contribution in [-0.2, 0) is 0 Å². The molecule has 1 aromatic rings. The Hall–Kier alpha value is -1.42. The van der Waals surface area contributed by atoms with Crippen LogP contribution < -0.4 is 4.90 Å². The highest BCUT2D eigenvalue weighted by Crippen LogP contribution is 2.29. The van der Waals surface area contributed by atoms with Gasteiger partial charge in [-0.05, 0) is 26.0 Å². The highest BCUT2D eigenvalue weighted by Gasteiger charge is 2.12. The Morgan fingerprint density at radius 1 is 1.41 bits per heavy atom. The van der Waals surface area contributed by atoms with Crippen LogP contribution in [0.1, 0.15) is 13.8 Å². The zero-order valence-corrected chi connectivity index (χ0v) is 11.1. The molecule has 0 aliphatic carbocycles. The summed E-state index contributed by atoms with van der Waals surface area (Å²) < 4.78 is 0. The van der Waals surface area contributed by atoms with Gasteiger partial charge in [0.1, 0.15) is 0 Å². The normalized spacial score (nSPS) is 9.82. The molecule has 1 amide bonds. The van der Waals surface area contributed by atoms with Crippen LogP contribution in [0, 0.1) is 0 Å². The molecule has 0 fully saturated rings. The molecule has 0 aliphatic heterocycles. The molecule has 0 heterocycles. The van der Waals surface area contributed by atoms with Gasteiger partial charge < -0.3 is 5.11 Å². The number of rotatable bonds is 4. The third-order valence-corrected chi connectivity index (χ3v) is 3.23. The van der Waals surface area contributed by atoms with Crippen LogP contribution in [0.4, 0.5) is 10.5 Å². The average Bonchev–Trinajstić information content (AvgIpc) is 2.28. The molecule has 0 aromatic heterocycles. The van der Waals surface area contributed by atoms with Crippen LogP contribution in [0.2, 0.25) is 0 Å². The number of benzene rings is 1. The van der Waals surface area contributed by atoms with E-state index in [0.29, 0.717) is 0 Å². The number of hydrogen-bond donors (Lipinski definition) is 1. The summed E-state index contributed by atoms with van der Waals surface area (Å²) in [4.78, 5) is 13.2. The van der Waals surface area contributed by atoms with Crippen molar-refractivity contribution in [2.45, 2.75) is 18.7 Å². The highest BCUT2D eigenvalue weighted by molar-refractivity contribution is 7.99. The van der Waals surface area contributed by atoms with E-state index in [1.165, 1.54) is 10.5 Å². The summed E-state index contributed by atoms with van der Waals surface area (Å²) in [5.41, 5.74) is 1.99. The average molecular weight is 251 g/mol. The zero-order valence-electron chi connectivity index (χ0n) is 10.3. The highest BCUT2D eigenvalue weighted by atomic mass is 32.2. The molecule has 0 saturated carbocycles. The van der Waals surface area contributed by atoms with Gasteiger partial charge in [-0.3, -0.25) is 4.90 Å². The molecule has 0 saturated heterocycles. The first-order valence-electron chi connectivity index (χ1n) is 5.34. The molecule has 0 bridgehead atoms. The first kappa shape index (κ1) is 13.6. The molecule has 4 heteroatoms. The van der Waals surface area contributed by atoms with Gasteiger partial charge in [-0.15, -0.1) is 11.8 Å². The molecule has 1 rings (SSSR count). The maximum Gasteiger partial charge on any atom is 0.411 e. The molecule has 0 atom stereocenters. The van der Waals surface area contributed by atoms with Crippen molar-refractivity contribution in [3.63, 3.8) is 0 Å². The Labute approximate surface area is 106 Å². The molecule has 0 spiro atoms. The molecular weight excluding hydrogens is 234 g/mol. The fourth-order valence-electron chi connectivity index (χ4n) is 1.26. The number of hydrogen-bond acceptors (Lipinski definition) is 2. The number of thioether (sulfide) groups is 1.